The zero-order valence-electron chi connectivity index (χ0n) is 13.7. The van der Waals surface area contributed by atoms with E-state index in [1.807, 2.05) is 0 Å². The molecule has 2 N–H and O–H groups in total. The van der Waals surface area contributed by atoms with Gasteiger partial charge in [-0.3, -0.25) is 0 Å². The molecule has 1 fully saturated rings. The molecular formula is C16H30N4O. The summed E-state index contributed by atoms with van der Waals surface area (Å²) in [5, 5.41) is 15.0. The molecule has 1 aliphatic carbocycles. The second-order valence-corrected chi connectivity index (χ2v) is 6.27. The lowest BCUT2D eigenvalue weighted by atomic mass is 9.83. The predicted octanol–water partition coefficient (Wildman–Crippen LogP) is 3.90. The van der Waals surface area contributed by atoms with Crippen molar-refractivity contribution in [1.82, 2.24) is 15.5 Å². The van der Waals surface area contributed by atoms with E-state index in [0.717, 1.165) is 18.9 Å². The van der Waals surface area contributed by atoms with Crippen LogP contribution in [0.4, 0.5) is 6.01 Å². The molecule has 1 unspecified atom stereocenters. The van der Waals surface area contributed by atoms with Gasteiger partial charge < -0.3 is 15.1 Å². The Kier molecular flexibility index (Phi) is 6.49. The summed E-state index contributed by atoms with van der Waals surface area (Å²) in [7, 11) is 0. The molecule has 120 valence electrons. The summed E-state index contributed by atoms with van der Waals surface area (Å²) in [6.07, 6.45) is 8.85. The molecule has 1 aromatic heterocycles. The number of anilines is 1. The average molecular weight is 294 g/mol. The molecule has 5 nitrogen and oxygen atoms in total. The largest absolute Gasteiger partial charge is 0.406 e. The Bertz CT molecular complexity index is 399. The molecule has 0 bridgehead atoms. The zero-order chi connectivity index (χ0) is 15.1. The summed E-state index contributed by atoms with van der Waals surface area (Å²) in [6, 6.07) is 1.19. The standard InChI is InChI=1S/C16H30N4O/c1-4-6-13-7-9-14(10-8-13)18-16-20-19-15(21-16)12(3)17-11-5-2/h12-14,17H,4-11H2,1-3H3,(H,18,20). The van der Waals surface area contributed by atoms with Crippen molar-refractivity contribution >= 4 is 6.01 Å². The molecule has 0 amide bonds. The van der Waals surface area contributed by atoms with E-state index in [1.165, 1.54) is 38.5 Å². The Labute approximate surface area is 128 Å². The molecule has 21 heavy (non-hydrogen) atoms. The molecule has 1 aliphatic rings. The molecule has 5 heteroatoms. The Balaban J connectivity index is 1.78. The van der Waals surface area contributed by atoms with Gasteiger partial charge in [0.15, 0.2) is 0 Å². The average Bonchev–Trinajstić information content (AvgIpc) is 2.96. The monoisotopic (exact) mass is 294 g/mol. The second-order valence-electron chi connectivity index (χ2n) is 6.27. The van der Waals surface area contributed by atoms with E-state index in [0.29, 0.717) is 17.9 Å². The van der Waals surface area contributed by atoms with E-state index in [1.54, 1.807) is 0 Å². The Morgan fingerprint density at radius 2 is 1.90 bits per heavy atom. The van der Waals surface area contributed by atoms with E-state index in [4.69, 9.17) is 4.42 Å². The van der Waals surface area contributed by atoms with Crippen LogP contribution in [0.3, 0.4) is 0 Å². The maximum atomic E-state index is 5.72. The summed E-state index contributed by atoms with van der Waals surface area (Å²) in [5.74, 6) is 1.59. The van der Waals surface area contributed by atoms with Gasteiger partial charge in [0.25, 0.3) is 0 Å². The molecule has 0 spiro atoms. The summed E-state index contributed by atoms with van der Waals surface area (Å²) in [6.45, 7) is 7.45. The third-order valence-electron chi connectivity index (χ3n) is 4.38. The van der Waals surface area contributed by atoms with Gasteiger partial charge in [0.1, 0.15) is 0 Å². The van der Waals surface area contributed by atoms with Gasteiger partial charge in [0.2, 0.25) is 5.89 Å². The van der Waals surface area contributed by atoms with Crippen LogP contribution >= 0.6 is 0 Å². The minimum absolute atomic E-state index is 0.119. The molecule has 0 aromatic carbocycles. The lowest BCUT2D eigenvalue weighted by molar-refractivity contribution is 0.315. The highest BCUT2D eigenvalue weighted by Gasteiger charge is 2.22. The van der Waals surface area contributed by atoms with Crippen molar-refractivity contribution in [2.24, 2.45) is 5.92 Å². The van der Waals surface area contributed by atoms with Crippen LogP contribution in [0.5, 0.6) is 0 Å². The van der Waals surface area contributed by atoms with Gasteiger partial charge in [0.05, 0.1) is 6.04 Å². The fourth-order valence-electron chi connectivity index (χ4n) is 3.09. The van der Waals surface area contributed by atoms with Gasteiger partial charge in [-0.2, -0.15) is 0 Å². The summed E-state index contributed by atoms with van der Waals surface area (Å²) in [4.78, 5) is 0. The number of nitrogens with zero attached hydrogens (tertiary/aromatic N) is 2. The van der Waals surface area contributed by atoms with Gasteiger partial charge in [0, 0.05) is 6.04 Å². The minimum atomic E-state index is 0.119. The summed E-state index contributed by atoms with van der Waals surface area (Å²) < 4.78 is 5.72. The molecule has 1 saturated carbocycles. The fraction of sp³-hybridized carbons (Fsp3) is 0.875. The van der Waals surface area contributed by atoms with Crippen LogP contribution in [0.1, 0.15) is 77.6 Å². The number of hydrogen-bond donors (Lipinski definition) is 2. The van der Waals surface area contributed by atoms with Crippen LogP contribution in [0.2, 0.25) is 0 Å². The maximum absolute atomic E-state index is 5.72. The van der Waals surface area contributed by atoms with E-state index in [9.17, 15) is 0 Å². The molecular weight excluding hydrogens is 264 g/mol. The molecule has 2 rings (SSSR count). The minimum Gasteiger partial charge on any atom is -0.406 e. The number of hydrogen-bond acceptors (Lipinski definition) is 5. The van der Waals surface area contributed by atoms with Crippen LogP contribution in [0.15, 0.2) is 4.42 Å². The Morgan fingerprint density at radius 1 is 1.14 bits per heavy atom. The molecule has 1 heterocycles. The van der Waals surface area contributed by atoms with Crippen LogP contribution in [0.25, 0.3) is 0 Å². The van der Waals surface area contributed by atoms with Crippen molar-refractivity contribution in [3.05, 3.63) is 5.89 Å². The van der Waals surface area contributed by atoms with Crippen LogP contribution in [-0.4, -0.2) is 22.8 Å². The highest BCUT2D eigenvalue weighted by Crippen LogP contribution is 2.29. The summed E-state index contributed by atoms with van der Waals surface area (Å²) >= 11 is 0. The third-order valence-corrected chi connectivity index (χ3v) is 4.38. The first-order chi connectivity index (χ1) is 10.2. The second kappa shape index (κ2) is 8.37. The van der Waals surface area contributed by atoms with Gasteiger partial charge >= 0.3 is 6.01 Å². The Hall–Kier alpha value is -1.10. The first kappa shape index (κ1) is 16.3. The number of aromatic nitrogens is 2. The first-order valence-electron chi connectivity index (χ1n) is 8.56. The lowest BCUT2D eigenvalue weighted by Crippen LogP contribution is -2.26. The van der Waals surface area contributed by atoms with E-state index in [-0.39, 0.29) is 6.04 Å². The Morgan fingerprint density at radius 3 is 2.57 bits per heavy atom. The fourth-order valence-corrected chi connectivity index (χ4v) is 3.09. The van der Waals surface area contributed by atoms with Crippen molar-refractivity contribution in [3.63, 3.8) is 0 Å². The van der Waals surface area contributed by atoms with Gasteiger partial charge in [-0.25, -0.2) is 0 Å². The van der Waals surface area contributed by atoms with E-state index >= 15 is 0 Å². The zero-order valence-corrected chi connectivity index (χ0v) is 13.7. The summed E-state index contributed by atoms with van der Waals surface area (Å²) in [5.41, 5.74) is 0. The van der Waals surface area contributed by atoms with Gasteiger partial charge in [-0.15, -0.1) is 5.10 Å². The van der Waals surface area contributed by atoms with Crippen molar-refractivity contribution < 1.29 is 4.42 Å². The normalized spacial score (nSPS) is 24.0. The first-order valence-corrected chi connectivity index (χ1v) is 8.56. The van der Waals surface area contributed by atoms with Crippen molar-refractivity contribution in [3.8, 4) is 0 Å². The highest BCUT2D eigenvalue weighted by molar-refractivity contribution is 5.20. The third kappa shape index (κ3) is 4.99. The van der Waals surface area contributed by atoms with E-state index in [2.05, 4.69) is 41.6 Å². The lowest BCUT2D eigenvalue weighted by Gasteiger charge is -2.28. The number of nitrogens with one attached hydrogen (secondary N) is 2. The van der Waals surface area contributed by atoms with E-state index < -0.39 is 0 Å². The van der Waals surface area contributed by atoms with Crippen LogP contribution in [0, 0.1) is 5.92 Å². The highest BCUT2D eigenvalue weighted by atomic mass is 16.4. The van der Waals surface area contributed by atoms with Crippen LogP contribution in [-0.2, 0) is 0 Å². The molecule has 1 aromatic rings. The molecule has 0 saturated heterocycles. The van der Waals surface area contributed by atoms with Crippen molar-refractivity contribution in [2.75, 3.05) is 11.9 Å². The van der Waals surface area contributed by atoms with Crippen LogP contribution < -0.4 is 10.6 Å². The number of rotatable bonds is 8. The smallest absolute Gasteiger partial charge is 0.315 e. The maximum Gasteiger partial charge on any atom is 0.315 e. The van der Waals surface area contributed by atoms with Gasteiger partial charge in [-0.05, 0) is 51.5 Å². The van der Waals surface area contributed by atoms with Crippen molar-refractivity contribution in [1.29, 1.82) is 0 Å². The quantitative estimate of drug-likeness (QED) is 0.761. The topological polar surface area (TPSA) is 63.0 Å². The predicted molar refractivity (Wildman–Crippen MR) is 85.3 cm³/mol. The van der Waals surface area contributed by atoms with Crippen molar-refractivity contribution in [2.45, 2.75) is 77.8 Å². The molecule has 1 atom stereocenters. The molecule has 0 radical (unpaired) electrons. The molecule has 0 aliphatic heterocycles. The van der Waals surface area contributed by atoms with Gasteiger partial charge in [-0.1, -0.05) is 31.8 Å². The SMILES string of the molecule is CCCNC(C)c1nnc(NC2CCC(CCC)CC2)o1.